The maximum Gasteiger partial charge on any atom is 0.319 e. The summed E-state index contributed by atoms with van der Waals surface area (Å²) in [7, 11) is -3.55. The number of amides is 2. The fraction of sp³-hybridized carbons (Fsp3) is 0.231. The van der Waals surface area contributed by atoms with Crippen molar-refractivity contribution in [2.24, 2.45) is 0 Å². The summed E-state index contributed by atoms with van der Waals surface area (Å²) in [5, 5.41) is 14.5. The molecule has 1 aliphatic rings. The summed E-state index contributed by atoms with van der Waals surface area (Å²) in [6.07, 6.45) is 0. The number of nitrogens with zero attached hydrogens (tertiary/aromatic N) is 2. The Morgan fingerprint density at radius 2 is 1.74 bits per heavy atom. The number of anilines is 1. The Morgan fingerprint density at radius 1 is 1.03 bits per heavy atom. The summed E-state index contributed by atoms with van der Waals surface area (Å²) in [6, 6.07) is 23.1. The predicted molar refractivity (Wildman–Crippen MR) is 131 cm³/mol. The maximum atomic E-state index is 13.0. The molecule has 2 N–H and O–H groups in total. The number of fused-ring (bicyclic) bond motifs is 1. The first-order chi connectivity index (χ1) is 16.3. The number of carbonyl (C=O) groups excluding carboxylic acids is 1. The number of nitrogens with one attached hydrogen (secondary N) is 2. The second-order valence-corrected chi connectivity index (χ2v) is 10.4. The zero-order valence-electron chi connectivity index (χ0n) is 18.9. The van der Waals surface area contributed by atoms with Crippen molar-refractivity contribution >= 4 is 21.6 Å². The van der Waals surface area contributed by atoms with E-state index >= 15 is 0 Å². The quantitative estimate of drug-likeness (QED) is 0.495. The van der Waals surface area contributed by atoms with Gasteiger partial charge in [-0.15, -0.1) is 0 Å². The van der Waals surface area contributed by atoms with Crippen LogP contribution in [-0.4, -0.2) is 25.9 Å². The highest BCUT2D eigenvalue weighted by Gasteiger charge is 2.21. The monoisotopic (exact) mass is 474 g/mol. The van der Waals surface area contributed by atoms with Crippen LogP contribution >= 0.6 is 0 Å². The van der Waals surface area contributed by atoms with E-state index in [9.17, 15) is 13.2 Å². The van der Waals surface area contributed by atoms with E-state index in [0.29, 0.717) is 30.9 Å². The molecule has 8 heteroatoms. The van der Waals surface area contributed by atoms with Gasteiger partial charge in [-0.2, -0.15) is 5.26 Å². The molecule has 0 saturated heterocycles. The van der Waals surface area contributed by atoms with Crippen LogP contribution in [0, 0.1) is 11.3 Å². The molecular formula is C26H26N4O3S. The van der Waals surface area contributed by atoms with Crippen LogP contribution in [0.2, 0.25) is 0 Å². The van der Waals surface area contributed by atoms with Gasteiger partial charge in [-0.1, -0.05) is 48.5 Å². The number of benzene rings is 3. The van der Waals surface area contributed by atoms with Crippen LogP contribution in [0.4, 0.5) is 10.5 Å². The third-order valence-electron chi connectivity index (χ3n) is 5.83. The minimum atomic E-state index is -3.55. The van der Waals surface area contributed by atoms with Gasteiger partial charge in [-0.25, -0.2) is 13.2 Å². The van der Waals surface area contributed by atoms with Crippen LogP contribution in [-0.2, 0) is 28.7 Å². The Hall–Kier alpha value is -3.67. The van der Waals surface area contributed by atoms with E-state index < -0.39 is 9.84 Å². The zero-order valence-corrected chi connectivity index (χ0v) is 19.7. The van der Waals surface area contributed by atoms with Crippen molar-refractivity contribution < 1.29 is 13.2 Å². The van der Waals surface area contributed by atoms with Crippen LogP contribution in [0.3, 0.4) is 0 Å². The zero-order chi connectivity index (χ0) is 24.1. The van der Waals surface area contributed by atoms with E-state index in [0.717, 1.165) is 16.7 Å². The maximum absolute atomic E-state index is 13.0. The molecule has 7 nitrogen and oxygen atoms in total. The molecule has 0 spiro atoms. The number of rotatable bonds is 7. The Balaban J connectivity index is 1.37. The Kier molecular flexibility index (Phi) is 6.96. The van der Waals surface area contributed by atoms with Gasteiger partial charge >= 0.3 is 6.03 Å². The molecule has 0 radical (unpaired) electrons. The lowest BCUT2D eigenvalue weighted by Gasteiger charge is -2.15. The lowest BCUT2D eigenvalue weighted by Crippen LogP contribution is -2.31. The van der Waals surface area contributed by atoms with Gasteiger partial charge in [0.1, 0.15) is 0 Å². The summed E-state index contributed by atoms with van der Waals surface area (Å²) in [4.78, 5) is 14.5. The first-order valence-electron chi connectivity index (χ1n) is 11.0. The SMILES string of the molecule is CC(NC(=O)Nc1ccc(S(=O)(=O)Cc2ccc3c(c2)CN(CC#N)C3)cc1)c1ccccc1. The minimum Gasteiger partial charge on any atom is -0.331 e. The highest BCUT2D eigenvalue weighted by Crippen LogP contribution is 2.26. The number of hydrogen-bond acceptors (Lipinski definition) is 5. The molecule has 0 saturated carbocycles. The summed E-state index contributed by atoms with van der Waals surface area (Å²) in [6.45, 7) is 3.61. The number of nitriles is 1. The van der Waals surface area contributed by atoms with Crippen molar-refractivity contribution in [3.8, 4) is 6.07 Å². The normalized spacial score (nSPS) is 14.1. The summed E-state index contributed by atoms with van der Waals surface area (Å²) < 4.78 is 25.9. The average molecular weight is 475 g/mol. The van der Waals surface area contributed by atoms with Gasteiger partial charge in [0.15, 0.2) is 9.84 Å². The standard InChI is InChI=1S/C26H26N4O3S/c1-19(21-5-3-2-4-6-21)28-26(31)29-24-9-11-25(12-10-24)34(32,33)18-20-7-8-22-16-30(14-13-27)17-23(22)15-20/h2-12,15,19H,14,16-18H2,1H3,(H2,28,29,31). The second-order valence-electron chi connectivity index (χ2n) is 8.42. The third kappa shape index (κ3) is 5.63. The van der Waals surface area contributed by atoms with Gasteiger partial charge in [-0.05, 0) is 53.4 Å². The van der Waals surface area contributed by atoms with E-state index in [1.165, 1.54) is 12.1 Å². The van der Waals surface area contributed by atoms with Crippen molar-refractivity contribution in [2.45, 2.75) is 36.7 Å². The average Bonchev–Trinajstić information content (AvgIpc) is 3.21. The van der Waals surface area contributed by atoms with Crippen LogP contribution in [0.15, 0.2) is 77.7 Å². The van der Waals surface area contributed by atoms with Crippen molar-refractivity contribution in [3.63, 3.8) is 0 Å². The van der Waals surface area contributed by atoms with Crippen LogP contribution in [0.1, 0.15) is 35.2 Å². The Labute approximate surface area is 199 Å². The highest BCUT2D eigenvalue weighted by molar-refractivity contribution is 7.90. The first-order valence-corrected chi connectivity index (χ1v) is 12.6. The van der Waals surface area contributed by atoms with E-state index in [-0.39, 0.29) is 22.7 Å². The molecule has 0 aliphatic carbocycles. The number of sulfone groups is 1. The molecule has 34 heavy (non-hydrogen) atoms. The molecule has 4 rings (SSSR count). The molecule has 174 valence electrons. The van der Waals surface area contributed by atoms with Crippen LogP contribution in [0.5, 0.6) is 0 Å². The van der Waals surface area contributed by atoms with Crippen molar-refractivity contribution in [3.05, 3.63) is 95.1 Å². The molecule has 2 amide bonds. The minimum absolute atomic E-state index is 0.111. The molecule has 3 aromatic carbocycles. The lowest BCUT2D eigenvalue weighted by molar-refractivity contribution is 0.249. The molecule has 0 aromatic heterocycles. The van der Waals surface area contributed by atoms with Gasteiger partial charge in [0, 0.05) is 18.8 Å². The summed E-state index contributed by atoms with van der Waals surface area (Å²) in [5.74, 6) is -0.111. The van der Waals surface area contributed by atoms with Gasteiger partial charge in [0.25, 0.3) is 0 Å². The molecule has 1 aliphatic heterocycles. The van der Waals surface area contributed by atoms with Crippen molar-refractivity contribution in [2.75, 3.05) is 11.9 Å². The largest absolute Gasteiger partial charge is 0.331 e. The second kappa shape index (κ2) is 10.1. The van der Waals surface area contributed by atoms with Gasteiger partial charge in [0.2, 0.25) is 0 Å². The van der Waals surface area contributed by atoms with Crippen molar-refractivity contribution in [1.29, 1.82) is 5.26 Å². The van der Waals surface area contributed by atoms with Crippen LogP contribution < -0.4 is 10.6 Å². The van der Waals surface area contributed by atoms with Crippen LogP contribution in [0.25, 0.3) is 0 Å². The summed E-state index contributed by atoms with van der Waals surface area (Å²) >= 11 is 0. The molecule has 1 unspecified atom stereocenters. The topological polar surface area (TPSA) is 102 Å². The Morgan fingerprint density at radius 3 is 2.44 bits per heavy atom. The smallest absolute Gasteiger partial charge is 0.319 e. The van der Waals surface area contributed by atoms with E-state index in [4.69, 9.17) is 5.26 Å². The van der Waals surface area contributed by atoms with E-state index in [1.54, 1.807) is 12.1 Å². The van der Waals surface area contributed by atoms with Gasteiger partial charge < -0.3 is 10.6 Å². The molecule has 1 atom stereocenters. The molecule has 0 fully saturated rings. The van der Waals surface area contributed by atoms with E-state index in [1.807, 2.05) is 60.4 Å². The summed E-state index contributed by atoms with van der Waals surface area (Å²) in [5.41, 5.74) is 4.41. The molecule has 0 bridgehead atoms. The third-order valence-corrected chi connectivity index (χ3v) is 7.53. The molecular weight excluding hydrogens is 448 g/mol. The number of urea groups is 1. The lowest BCUT2D eigenvalue weighted by atomic mass is 10.1. The van der Waals surface area contributed by atoms with Gasteiger partial charge in [0.05, 0.1) is 29.3 Å². The van der Waals surface area contributed by atoms with E-state index in [2.05, 4.69) is 16.7 Å². The molecule has 3 aromatic rings. The molecule has 1 heterocycles. The van der Waals surface area contributed by atoms with Crippen molar-refractivity contribution in [1.82, 2.24) is 10.2 Å². The first kappa shape index (κ1) is 23.5. The van der Waals surface area contributed by atoms with Gasteiger partial charge in [-0.3, -0.25) is 4.90 Å². The fourth-order valence-electron chi connectivity index (χ4n) is 4.06. The number of hydrogen-bond donors (Lipinski definition) is 2. The highest BCUT2D eigenvalue weighted by atomic mass is 32.2. The fourth-order valence-corrected chi connectivity index (χ4v) is 5.39. The Bertz CT molecular complexity index is 1320. The predicted octanol–water partition coefficient (Wildman–Crippen LogP) is 4.38. The number of carbonyl (C=O) groups is 1.